The van der Waals surface area contributed by atoms with E-state index in [0.717, 1.165) is 0 Å². The quantitative estimate of drug-likeness (QED) is 0.708. The van der Waals surface area contributed by atoms with Gasteiger partial charge in [-0.1, -0.05) is 0 Å². The second-order valence-electron chi connectivity index (χ2n) is 5.00. The maximum Gasteiger partial charge on any atom is 0.329 e. The van der Waals surface area contributed by atoms with Crippen LogP contribution in [0, 0.1) is 0 Å². The summed E-state index contributed by atoms with van der Waals surface area (Å²) in [5.41, 5.74) is 5.30. The smallest absolute Gasteiger partial charge is 0.329 e. The SMILES string of the molecule is CC(C)(C)NC(=O)NS(=O)(=O)c1cc(N)ccc1Br. The number of urea groups is 1. The predicted octanol–water partition coefficient (Wildman–Crippen LogP) is 1.82. The van der Waals surface area contributed by atoms with Crippen LogP contribution in [0.5, 0.6) is 0 Å². The molecule has 0 bridgehead atoms. The van der Waals surface area contributed by atoms with Crippen LogP contribution < -0.4 is 15.8 Å². The Kier molecular flexibility index (Phi) is 4.46. The standard InChI is InChI=1S/C11H16BrN3O3S/c1-11(2,3)14-10(16)15-19(17,18)9-6-7(13)4-5-8(9)12/h4-6H,13H2,1-3H3,(H2,14,15,16). The molecule has 0 heterocycles. The minimum atomic E-state index is -3.97. The number of halogens is 1. The third kappa shape index (κ3) is 4.71. The number of hydrogen-bond acceptors (Lipinski definition) is 4. The monoisotopic (exact) mass is 349 g/mol. The van der Waals surface area contributed by atoms with Crippen LogP contribution in [0.1, 0.15) is 20.8 Å². The van der Waals surface area contributed by atoms with E-state index in [0.29, 0.717) is 10.2 Å². The number of carbonyl (C=O) groups excluding carboxylic acids is 1. The van der Waals surface area contributed by atoms with Crippen molar-refractivity contribution < 1.29 is 13.2 Å². The zero-order valence-corrected chi connectivity index (χ0v) is 13.2. The predicted molar refractivity (Wildman–Crippen MR) is 77.2 cm³/mol. The van der Waals surface area contributed by atoms with Gasteiger partial charge in [-0.25, -0.2) is 17.9 Å². The number of amides is 2. The molecule has 0 spiro atoms. The van der Waals surface area contributed by atoms with Crippen molar-refractivity contribution in [2.75, 3.05) is 5.73 Å². The summed E-state index contributed by atoms with van der Waals surface area (Å²) in [7, 11) is -3.97. The molecule has 6 nitrogen and oxygen atoms in total. The average Bonchev–Trinajstić information content (AvgIpc) is 2.17. The van der Waals surface area contributed by atoms with Crippen LogP contribution in [0.15, 0.2) is 27.6 Å². The van der Waals surface area contributed by atoms with Crippen LogP contribution in [-0.2, 0) is 10.0 Å². The van der Waals surface area contributed by atoms with Crippen molar-refractivity contribution in [1.29, 1.82) is 0 Å². The number of rotatable bonds is 2. The van der Waals surface area contributed by atoms with E-state index in [9.17, 15) is 13.2 Å². The number of nitrogens with two attached hydrogens (primary N) is 1. The van der Waals surface area contributed by atoms with Gasteiger partial charge in [-0.15, -0.1) is 0 Å². The minimum Gasteiger partial charge on any atom is -0.399 e. The molecule has 0 saturated carbocycles. The highest BCUT2D eigenvalue weighted by Gasteiger charge is 2.23. The molecule has 0 radical (unpaired) electrons. The van der Waals surface area contributed by atoms with Crippen molar-refractivity contribution in [2.45, 2.75) is 31.2 Å². The zero-order chi connectivity index (χ0) is 14.8. The van der Waals surface area contributed by atoms with Crippen molar-refractivity contribution in [2.24, 2.45) is 0 Å². The molecule has 0 saturated heterocycles. The highest BCUT2D eigenvalue weighted by molar-refractivity contribution is 9.10. The molecule has 0 aliphatic rings. The lowest BCUT2D eigenvalue weighted by molar-refractivity contribution is 0.237. The molecular weight excluding hydrogens is 334 g/mol. The lowest BCUT2D eigenvalue weighted by Gasteiger charge is -2.20. The molecular formula is C11H16BrN3O3S. The Balaban J connectivity index is 2.99. The fourth-order valence-electron chi connectivity index (χ4n) is 1.27. The number of benzene rings is 1. The van der Waals surface area contributed by atoms with Crippen molar-refractivity contribution >= 4 is 37.7 Å². The Morgan fingerprint density at radius 3 is 2.42 bits per heavy atom. The number of carbonyl (C=O) groups is 1. The molecule has 0 fully saturated rings. The van der Waals surface area contributed by atoms with E-state index in [1.54, 1.807) is 26.8 Å². The summed E-state index contributed by atoms with van der Waals surface area (Å²) in [5, 5.41) is 2.50. The normalized spacial score (nSPS) is 12.0. The number of nitrogens with one attached hydrogen (secondary N) is 2. The van der Waals surface area contributed by atoms with E-state index in [-0.39, 0.29) is 4.90 Å². The molecule has 1 aromatic rings. The molecule has 0 aromatic heterocycles. The number of nitrogen functional groups attached to an aromatic ring is 1. The van der Waals surface area contributed by atoms with Crippen LogP contribution in [-0.4, -0.2) is 20.0 Å². The summed E-state index contributed by atoms with van der Waals surface area (Å²) in [6.07, 6.45) is 0. The number of sulfonamides is 1. The minimum absolute atomic E-state index is 0.0865. The summed E-state index contributed by atoms with van der Waals surface area (Å²) >= 11 is 3.11. The van der Waals surface area contributed by atoms with Crippen molar-refractivity contribution in [1.82, 2.24) is 10.0 Å². The van der Waals surface area contributed by atoms with Gasteiger partial charge in [-0.3, -0.25) is 0 Å². The summed E-state index contributed by atoms with van der Waals surface area (Å²) in [4.78, 5) is 11.5. The largest absolute Gasteiger partial charge is 0.399 e. The second-order valence-corrected chi connectivity index (χ2v) is 7.50. The molecule has 0 aliphatic carbocycles. The zero-order valence-electron chi connectivity index (χ0n) is 10.8. The third-order valence-electron chi connectivity index (χ3n) is 1.96. The van der Waals surface area contributed by atoms with E-state index in [1.807, 2.05) is 4.72 Å². The van der Waals surface area contributed by atoms with Gasteiger partial charge < -0.3 is 11.1 Å². The van der Waals surface area contributed by atoms with Gasteiger partial charge in [-0.05, 0) is 54.9 Å². The summed E-state index contributed by atoms with van der Waals surface area (Å²) < 4.78 is 26.4. The van der Waals surface area contributed by atoms with Crippen LogP contribution >= 0.6 is 15.9 Å². The molecule has 2 amide bonds. The summed E-state index contributed by atoms with van der Waals surface area (Å²) in [6.45, 7) is 5.24. The van der Waals surface area contributed by atoms with Crippen molar-refractivity contribution in [3.05, 3.63) is 22.7 Å². The third-order valence-corrected chi connectivity index (χ3v) is 4.29. The van der Waals surface area contributed by atoms with Gasteiger partial charge in [0.2, 0.25) is 0 Å². The van der Waals surface area contributed by atoms with E-state index < -0.39 is 21.6 Å². The molecule has 1 rings (SSSR count). The first kappa shape index (κ1) is 15.8. The van der Waals surface area contributed by atoms with E-state index >= 15 is 0 Å². The van der Waals surface area contributed by atoms with Gasteiger partial charge in [0.1, 0.15) is 4.90 Å². The van der Waals surface area contributed by atoms with E-state index in [4.69, 9.17) is 5.73 Å². The average molecular weight is 350 g/mol. The molecule has 1 aromatic carbocycles. The lowest BCUT2D eigenvalue weighted by atomic mass is 10.1. The van der Waals surface area contributed by atoms with Gasteiger partial charge in [0.15, 0.2) is 0 Å². The molecule has 0 aliphatic heterocycles. The molecule has 8 heteroatoms. The maximum atomic E-state index is 12.0. The number of anilines is 1. The highest BCUT2D eigenvalue weighted by Crippen LogP contribution is 2.23. The Labute approximate surface area is 120 Å². The fraction of sp³-hybridized carbons (Fsp3) is 0.364. The van der Waals surface area contributed by atoms with Crippen LogP contribution in [0.3, 0.4) is 0 Å². The first-order valence-electron chi connectivity index (χ1n) is 5.41. The van der Waals surface area contributed by atoms with Gasteiger partial charge in [0.05, 0.1) is 0 Å². The van der Waals surface area contributed by atoms with Gasteiger partial charge in [0.25, 0.3) is 10.0 Å². The molecule has 19 heavy (non-hydrogen) atoms. The fourth-order valence-corrected chi connectivity index (χ4v) is 3.18. The van der Waals surface area contributed by atoms with Crippen LogP contribution in [0.2, 0.25) is 0 Å². The van der Waals surface area contributed by atoms with Crippen LogP contribution in [0.4, 0.5) is 10.5 Å². The van der Waals surface area contributed by atoms with E-state index in [2.05, 4.69) is 21.2 Å². The molecule has 0 atom stereocenters. The van der Waals surface area contributed by atoms with E-state index in [1.165, 1.54) is 12.1 Å². The lowest BCUT2D eigenvalue weighted by Crippen LogP contribution is -2.48. The first-order chi connectivity index (χ1) is 8.51. The maximum absolute atomic E-state index is 12.0. The van der Waals surface area contributed by atoms with Gasteiger partial charge >= 0.3 is 6.03 Å². The summed E-state index contributed by atoms with van der Waals surface area (Å²) in [5.74, 6) is 0. The highest BCUT2D eigenvalue weighted by atomic mass is 79.9. The molecule has 4 N–H and O–H groups in total. The topological polar surface area (TPSA) is 101 Å². The van der Waals surface area contributed by atoms with Crippen molar-refractivity contribution in [3.8, 4) is 0 Å². The Hall–Kier alpha value is -1.28. The van der Waals surface area contributed by atoms with Crippen molar-refractivity contribution in [3.63, 3.8) is 0 Å². The van der Waals surface area contributed by atoms with Gasteiger partial charge in [0, 0.05) is 15.7 Å². The number of hydrogen-bond donors (Lipinski definition) is 3. The second kappa shape index (κ2) is 5.38. The Bertz CT molecular complexity index is 594. The Morgan fingerprint density at radius 2 is 1.89 bits per heavy atom. The molecule has 106 valence electrons. The summed E-state index contributed by atoms with van der Waals surface area (Å²) in [6, 6.07) is 3.54. The molecule has 0 unspecified atom stereocenters. The first-order valence-corrected chi connectivity index (χ1v) is 7.69. The van der Waals surface area contributed by atoms with Crippen LogP contribution in [0.25, 0.3) is 0 Å². The van der Waals surface area contributed by atoms with Gasteiger partial charge in [-0.2, -0.15) is 0 Å². The Morgan fingerprint density at radius 1 is 1.32 bits per heavy atom.